The third-order valence-electron chi connectivity index (χ3n) is 6.42. The molecule has 0 aliphatic carbocycles. The summed E-state index contributed by atoms with van der Waals surface area (Å²) in [6, 6.07) is 5.70. The van der Waals surface area contributed by atoms with E-state index in [0.717, 1.165) is 23.5 Å². The molecule has 0 spiro atoms. The van der Waals surface area contributed by atoms with E-state index in [1.54, 1.807) is 18.0 Å². The molecule has 2 N–H and O–H groups in total. The lowest BCUT2D eigenvalue weighted by Crippen LogP contribution is -2.47. The van der Waals surface area contributed by atoms with Crippen LogP contribution in [0.4, 0.5) is 23.0 Å². The van der Waals surface area contributed by atoms with E-state index in [0.29, 0.717) is 42.1 Å². The summed E-state index contributed by atoms with van der Waals surface area (Å²) in [7, 11) is 7.64. The quantitative estimate of drug-likeness (QED) is 0.376. The molecular weight excluding hydrogens is 496 g/mol. The molecule has 4 rings (SSSR count). The van der Waals surface area contributed by atoms with Crippen LogP contribution >= 0.6 is 0 Å². The van der Waals surface area contributed by atoms with E-state index in [2.05, 4.69) is 52.8 Å². The number of ether oxygens (including phenoxy) is 2. The molecule has 0 radical (unpaired) electrons. The van der Waals surface area contributed by atoms with Crippen molar-refractivity contribution in [3.8, 4) is 11.6 Å². The predicted molar refractivity (Wildman–Crippen MR) is 153 cm³/mol. The van der Waals surface area contributed by atoms with Crippen molar-refractivity contribution >= 4 is 28.9 Å². The second-order valence-corrected chi connectivity index (χ2v) is 10.9. The number of anilines is 4. The van der Waals surface area contributed by atoms with E-state index >= 15 is 0 Å². The zero-order chi connectivity index (χ0) is 28.3. The number of likely N-dealkylation sites (N-methyl/N-ethyl adjacent to an activating group) is 1. The molecule has 39 heavy (non-hydrogen) atoms. The summed E-state index contributed by atoms with van der Waals surface area (Å²) < 4.78 is 12.9. The highest BCUT2D eigenvalue weighted by molar-refractivity contribution is 6.02. The Kier molecular flexibility index (Phi) is 8.22. The van der Waals surface area contributed by atoms with Crippen molar-refractivity contribution in [3.05, 3.63) is 54.5 Å². The maximum atomic E-state index is 12.2. The Morgan fingerprint density at radius 3 is 2.59 bits per heavy atom. The van der Waals surface area contributed by atoms with Gasteiger partial charge in [0.05, 0.1) is 49.1 Å². The molecule has 1 saturated heterocycles. The van der Waals surface area contributed by atoms with Crippen molar-refractivity contribution < 1.29 is 14.3 Å². The monoisotopic (exact) mass is 534 g/mol. The van der Waals surface area contributed by atoms with Crippen molar-refractivity contribution in [1.82, 2.24) is 24.6 Å². The van der Waals surface area contributed by atoms with Gasteiger partial charge in [-0.3, -0.25) is 4.79 Å². The van der Waals surface area contributed by atoms with Crippen LogP contribution in [0.2, 0.25) is 0 Å². The maximum absolute atomic E-state index is 12.2. The lowest BCUT2D eigenvalue weighted by molar-refractivity contribution is -0.111. The molecule has 1 fully saturated rings. The van der Waals surface area contributed by atoms with Crippen molar-refractivity contribution in [2.24, 2.45) is 0 Å². The van der Waals surface area contributed by atoms with Gasteiger partial charge in [0.2, 0.25) is 11.9 Å². The molecule has 0 atom stereocenters. The van der Waals surface area contributed by atoms with E-state index in [1.807, 2.05) is 45.5 Å². The van der Waals surface area contributed by atoms with Gasteiger partial charge in [-0.1, -0.05) is 27.4 Å². The topological polar surface area (TPSA) is 110 Å². The van der Waals surface area contributed by atoms with Gasteiger partial charge in [0, 0.05) is 49.1 Å². The molecule has 1 aliphatic heterocycles. The smallest absolute Gasteiger partial charge is 0.247 e. The van der Waals surface area contributed by atoms with Gasteiger partial charge >= 0.3 is 0 Å². The summed E-state index contributed by atoms with van der Waals surface area (Å²) in [5.41, 5.74) is 4.04. The Labute approximate surface area is 229 Å². The minimum atomic E-state index is -0.314. The first-order valence-electron chi connectivity index (χ1n) is 12.8. The summed E-state index contributed by atoms with van der Waals surface area (Å²) in [6.45, 7) is 12.0. The normalized spacial score (nSPS) is 13.6. The zero-order valence-electron chi connectivity index (χ0n) is 23.8. The fraction of sp³-hybridized carbons (Fsp3) is 0.429. The number of aromatic nitrogens is 4. The lowest BCUT2D eigenvalue weighted by Gasteiger charge is -2.37. The van der Waals surface area contributed by atoms with Gasteiger partial charge in [0.25, 0.3) is 0 Å². The molecule has 0 saturated carbocycles. The third kappa shape index (κ3) is 6.37. The Morgan fingerprint density at radius 1 is 1.26 bits per heavy atom. The molecular formula is C28H38N8O3. The van der Waals surface area contributed by atoms with Crippen LogP contribution in [0.5, 0.6) is 5.75 Å². The Balaban J connectivity index is 1.69. The third-order valence-corrected chi connectivity index (χ3v) is 6.42. The summed E-state index contributed by atoms with van der Waals surface area (Å²) in [4.78, 5) is 25.6. The lowest BCUT2D eigenvalue weighted by atomic mass is 9.89. The minimum Gasteiger partial charge on any atom is -0.494 e. The highest BCUT2D eigenvalue weighted by atomic mass is 16.5. The molecule has 1 aromatic carbocycles. The predicted octanol–water partition coefficient (Wildman–Crippen LogP) is 3.73. The molecule has 0 bridgehead atoms. The first-order chi connectivity index (χ1) is 18.5. The number of hydrogen-bond donors (Lipinski definition) is 2. The summed E-state index contributed by atoms with van der Waals surface area (Å²) in [5, 5.41) is 11.0. The van der Waals surface area contributed by atoms with Crippen LogP contribution in [-0.2, 0) is 21.5 Å². The molecule has 1 aliphatic rings. The summed E-state index contributed by atoms with van der Waals surface area (Å²) in [6.07, 6.45) is 4.94. The average molecular weight is 535 g/mol. The SMILES string of the molecule is C=CC(=O)Nc1cc(Nc2nccc(-n3cc(CN(C)C)c(C(C)(C)C)n3)n2)c(OC)cc1N(C)C1COC1. The van der Waals surface area contributed by atoms with Crippen LogP contribution in [-0.4, -0.2) is 78.1 Å². The zero-order valence-corrected chi connectivity index (χ0v) is 23.8. The first-order valence-corrected chi connectivity index (χ1v) is 12.8. The van der Waals surface area contributed by atoms with E-state index in [9.17, 15) is 4.79 Å². The Hall–Kier alpha value is -3.96. The number of methoxy groups -OCH3 is 1. The highest BCUT2D eigenvalue weighted by Crippen LogP contribution is 2.39. The van der Waals surface area contributed by atoms with Crippen LogP contribution in [0, 0.1) is 0 Å². The summed E-state index contributed by atoms with van der Waals surface area (Å²) in [5.74, 6) is 1.25. The van der Waals surface area contributed by atoms with Crippen LogP contribution in [0.1, 0.15) is 32.0 Å². The maximum Gasteiger partial charge on any atom is 0.247 e. The highest BCUT2D eigenvalue weighted by Gasteiger charge is 2.27. The van der Waals surface area contributed by atoms with Crippen molar-refractivity contribution in [3.63, 3.8) is 0 Å². The van der Waals surface area contributed by atoms with Gasteiger partial charge in [-0.05, 0) is 26.2 Å². The van der Waals surface area contributed by atoms with E-state index in [1.165, 1.54) is 6.08 Å². The second kappa shape index (κ2) is 11.4. The average Bonchev–Trinajstić information content (AvgIpc) is 3.27. The van der Waals surface area contributed by atoms with E-state index < -0.39 is 0 Å². The van der Waals surface area contributed by atoms with E-state index in [-0.39, 0.29) is 17.4 Å². The standard InChI is InChI=1S/C28H38N8O3/c1-9-25(37)30-20-12-21(23(38-8)13-22(20)35(7)19-16-39-17-19)31-27-29-11-10-24(32-27)36-15-18(14-34(5)6)26(33-36)28(2,3)4/h9-13,15,19H,1,14,16-17H2,2-8H3,(H,30,37)(H,29,31,32). The van der Waals surface area contributed by atoms with Gasteiger partial charge in [0.1, 0.15) is 5.75 Å². The largest absolute Gasteiger partial charge is 0.494 e. The van der Waals surface area contributed by atoms with Gasteiger partial charge in [-0.25, -0.2) is 9.67 Å². The first kappa shape index (κ1) is 28.1. The number of carbonyl (C=O) groups is 1. The number of hydrogen-bond acceptors (Lipinski definition) is 9. The molecule has 11 nitrogen and oxygen atoms in total. The van der Waals surface area contributed by atoms with Crippen LogP contribution < -0.4 is 20.3 Å². The van der Waals surface area contributed by atoms with Crippen LogP contribution in [0.15, 0.2) is 43.2 Å². The van der Waals surface area contributed by atoms with Crippen molar-refractivity contribution in [2.75, 3.05) is 57.0 Å². The number of benzene rings is 1. The fourth-order valence-electron chi connectivity index (χ4n) is 4.33. The fourth-order valence-corrected chi connectivity index (χ4v) is 4.33. The van der Waals surface area contributed by atoms with Crippen molar-refractivity contribution in [2.45, 2.75) is 38.8 Å². The van der Waals surface area contributed by atoms with Gasteiger partial charge in [0.15, 0.2) is 5.82 Å². The van der Waals surface area contributed by atoms with Gasteiger partial charge in [-0.2, -0.15) is 10.1 Å². The van der Waals surface area contributed by atoms with Crippen molar-refractivity contribution in [1.29, 1.82) is 0 Å². The number of nitrogens with one attached hydrogen (secondary N) is 2. The number of amides is 1. The Bertz CT molecular complexity index is 1340. The molecule has 2 aromatic heterocycles. The van der Waals surface area contributed by atoms with Crippen LogP contribution in [0.25, 0.3) is 5.82 Å². The number of carbonyl (C=O) groups excluding carboxylic acids is 1. The van der Waals surface area contributed by atoms with Gasteiger partial charge in [-0.15, -0.1) is 0 Å². The molecule has 208 valence electrons. The number of nitrogens with zero attached hydrogens (tertiary/aromatic N) is 6. The molecule has 11 heteroatoms. The number of rotatable bonds is 10. The summed E-state index contributed by atoms with van der Waals surface area (Å²) >= 11 is 0. The second-order valence-electron chi connectivity index (χ2n) is 10.9. The molecule has 3 heterocycles. The molecule has 1 amide bonds. The Morgan fingerprint density at radius 2 is 2.00 bits per heavy atom. The van der Waals surface area contributed by atoms with E-state index in [4.69, 9.17) is 19.6 Å². The molecule has 0 unspecified atom stereocenters. The minimum absolute atomic E-state index is 0.120. The molecule has 3 aromatic rings. The van der Waals surface area contributed by atoms with Crippen LogP contribution in [0.3, 0.4) is 0 Å². The van der Waals surface area contributed by atoms with Gasteiger partial charge < -0.3 is 29.9 Å².